The Bertz CT molecular complexity index is 1090. The van der Waals surface area contributed by atoms with Crippen molar-refractivity contribution in [1.82, 2.24) is 25.3 Å². The average Bonchev–Trinajstić information content (AvgIpc) is 3.33. The molecule has 0 spiro atoms. The molecule has 0 saturated heterocycles. The van der Waals surface area contributed by atoms with Crippen LogP contribution in [0, 0.1) is 0 Å². The molecule has 4 rings (SSSR count). The number of nitrogens with one attached hydrogen (secondary N) is 3. The predicted molar refractivity (Wildman–Crippen MR) is 110 cm³/mol. The number of halogens is 4. The molecule has 162 valence electrons. The van der Waals surface area contributed by atoms with Crippen molar-refractivity contribution in [2.45, 2.75) is 37.4 Å². The first kappa shape index (κ1) is 20.4. The van der Waals surface area contributed by atoms with Gasteiger partial charge in [-0.25, -0.2) is 15.0 Å². The highest BCUT2D eigenvalue weighted by Gasteiger charge is 2.42. The summed E-state index contributed by atoms with van der Waals surface area (Å²) in [7, 11) is 0. The van der Waals surface area contributed by atoms with Crippen molar-refractivity contribution < 1.29 is 20.8 Å². The smallest absolute Gasteiger partial charge is 0.356 e. The lowest BCUT2D eigenvalue weighted by Gasteiger charge is -2.29. The average molecular weight is 443 g/mol. The number of anilines is 1. The summed E-state index contributed by atoms with van der Waals surface area (Å²) in [5.41, 5.74) is 0.155. The fourth-order valence-electron chi connectivity index (χ4n) is 3.70. The highest BCUT2D eigenvalue weighted by atomic mass is 35.5. The quantitative estimate of drug-likeness (QED) is 0.538. The van der Waals surface area contributed by atoms with Crippen molar-refractivity contribution in [3.8, 4) is 11.4 Å². The molecule has 3 aromatic rings. The van der Waals surface area contributed by atoms with Gasteiger partial charge in [0.15, 0.2) is 5.82 Å². The number of amides is 1. The Morgan fingerprint density at radius 1 is 1.30 bits per heavy atom. The van der Waals surface area contributed by atoms with Crippen LogP contribution in [0.3, 0.4) is 0 Å². The fraction of sp³-hybridized carbons (Fsp3) is 0.368. The van der Waals surface area contributed by atoms with Crippen LogP contribution >= 0.6 is 11.6 Å². The minimum absolute atomic E-state index is 0. The monoisotopic (exact) mass is 442 g/mol. The molecule has 0 bridgehead atoms. The Hall–Kier alpha value is -2.88. The molecular weight excluding hydrogens is 421 g/mol. The first-order chi connectivity index (χ1) is 14.3. The number of pyridine rings is 1. The minimum Gasteiger partial charge on any atom is -0.356 e. The Balaban J connectivity index is 0.00000181. The lowest BCUT2D eigenvalue weighted by molar-refractivity contribution is -0.141. The van der Waals surface area contributed by atoms with E-state index in [9.17, 15) is 18.0 Å². The second-order valence-corrected chi connectivity index (χ2v) is 7.67. The number of carbonyl (C=O) groups excluding carboxylic acids is 1. The van der Waals surface area contributed by atoms with E-state index in [4.69, 9.17) is 11.6 Å². The number of aromatic nitrogens is 4. The van der Waals surface area contributed by atoms with E-state index >= 15 is 0 Å². The first-order valence-electron chi connectivity index (χ1n) is 9.35. The molecule has 1 aliphatic carbocycles. The molecule has 1 aliphatic rings. The lowest BCUT2D eigenvalue weighted by Crippen LogP contribution is -2.52. The molecule has 11 heteroatoms. The number of fused-ring (bicyclic) bond motifs is 1. The number of H-pyrrole nitrogens is 1. The van der Waals surface area contributed by atoms with Crippen LogP contribution in [0.15, 0.2) is 30.7 Å². The molecule has 0 radical (unpaired) electrons. The van der Waals surface area contributed by atoms with Crippen LogP contribution in [0.4, 0.5) is 19.0 Å². The maximum absolute atomic E-state index is 12.6. The van der Waals surface area contributed by atoms with Crippen LogP contribution in [0.25, 0.3) is 22.4 Å². The molecule has 7 nitrogen and oxygen atoms in total. The zero-order valence-electron chi connectivity index (χ0n) is 15.7. The summed E-state index contributed by atoms with van der Waals surface area (Å²) in [5.74, 6) is 0.0492. The van der Waals surface area contributed by atoms with E-state index in [1.807, 2.05) is 5.32 Å². The summed E-state index contributed by atoms with van der Waals surface area (Å²) in [4.78, 5) is 28.6. The largest absolute Gasteiger partial charge is 0.405 e. The van der Waals surface area contributed by atoms with Crippen LogP contribution < -0.4 is 10.6 Å². The molecule has 0 unspecified atom stereocenters. The Labute approximate surface area is 177 Å². The SMILES string of the molecule is O=C(NCC(F)(F)F)C1(Nc2ccnc(-c3c[nH]c4ncc(Cl)cc34)n2)CCCC1.[HH].[HH]. The Morgan fingerprint density at radius 3 is 2.80 bits per heavy atom. The summed E-state index contributed by atoms with van der Waals surface area (Å²) >= 11 is 6.04. The zero-order valence-corrected chi connectivity index (χ0v) is 16.4. The van der Waals surface area contributed by atoms with Crippen LogP contribution in [0.2, 0.25) is 5.02 Å². The number of rotatable bonds is 5. The summed E-state index contributed by atoms with van der Waals surface area (Å²) in [6, 6.07) is 3.32. The second kappa shape index (κ2) is 7.75. The topological polar surface area (TPSA) is 95.6 Å². The van der Waals surface area contributed by atoms with Gasteiger partial charge in [0.05, 0.1) is 5.02 Å². The number of aromatic amines is 1. The van der Waals surface area contributed by atoms with E-state index in [0.29, 0.717) is 40.7 Å². The third kappa shape index (κ3) is 4.18. The Morgan fingerprint density at radius 2 is 2.07 bits per heavy atom. The van der Waals surface area contributed by atoms with Gasteiger partial charge in [-0.3, -0.25) is 4.79 Å². The van der Waals surface area contributed by atoms with Gasteiger partial charge in [-0.2, -0.15) is 13.2 Å². The zero-order chi connectivity index (χ0) is 21.4. The lowest BCUT2D eigenvalue weighted by atomic mass is 9.96. The van der Waals surface area contributed by atoms with Gasteiger partial charge in [0.2, 0.25) is 5.91 Å². The molecule has 1 fully saturated rings. The Kier molecular flexibility index (Phi) is 5.27. The summed E-state index contributed by atoms with van der Waals surface area (Å²) < 4.78 is 37.6. The third-order valence-electron chi connectivity index (χ3n) is 5.10. The van der Waals surface area contributed by atoms with Crippen LogP contribution in [0.5, 0.6) is 0 Å². The molecule has 3 heterocycles. The molecule has 3 N–H and O–H groups in total. The fourth-order valence-corrected chi connectivity index (χ4v) is 3.86. The standard InChI is InChI=1S/C19H18ClF3N6O.2H2/c20-11-7-12-13(9-26-15(12)25-8-11)16-24-6-3-14(28-16)29-18(4-1-2-5-18)17(30)27-10-19(21,22)23;;/h3,6-9H,1-2,4-5,10H2,(H,25,26)(H,27,30)(H,24,28,29);2*1H. The molecule has 0 aromatic carbocycles. The number of nitrogens with zero attached hydrogens (tertiary/aromatic N) is 3. The number of carbonyl (C=O) groups is 1. The van der Waals surface area contributed by atoms with E-state index in [0.717, 1.165) is 18.2 Å². The van der Waals surface area contributed by atoms with Gasteiger partial charge in [0.25, 0.3) is 0 Å². The highest BCUT2D eigenvalue weighted by Crippen LogP contribution is 2.34. The van der Waals surface area contributed by atoms with E-state index in [1.54, 1.807) is 18.3 Å². The second-order valence-electron chi connectivity index (χ2n) is 7.23. The number of alkyl halides is 3. The van der Waals surface area contributed by atoms with Crippen molar-refractivity contribution in [3.05, 3.63) is 35.7 Å². The summed E-state index contributed by atoms with van der Waals surface area (Å²) in [6.45, 7) is -1.37. The van der Waals surface area contributed by atoms with Crippen LogP contribution in [0.1, 0.15) is 28.5 Å². The first-order valence-corrected chi connectivity index (χ1v) is 9.73. The van der Waals surface area contributed by atoms with Gasteiger partial charge in [0, 0.05) is 32.4 Å². The van der Waals surface area contributed by atoms with E-state index < -0.39 is 24.2 Å². The minimum atomic E-state index is -4.47. The van der Waals surface area contributed by atoms with Crippen molar-refractivity contribution in [1.29, 1.82) is 0 Å². The molecular formula is C19H22ClF3N6O. The normalized spacial score (nSPS) is 16.0. The predicted octanol–water partition coefficient (Wildman–Crippen LogP) is 4.57. The van der Waals surface area contributed by atoms with E-state index in [2.05, 4.69) is 25.3 Å². The van der Waals surface area contributed by atoms with Gasteiger partial charge in [-0.15, -0.1) is 0 Å². The van der Waals surface area contributed by atoms with Crippen LogP contribution in [-0.4, -0.2) is 44.1 Å². The molecule has 1 amide bonds. The van der Waals surface area contributed by atoms with Gasteiger partial charge in [-0.1, -0.05) is 24.4 Å². The summed E-state index contributed by atoms with van der Waals surface area (Å²) in [6.07, 6.45) is 2.58. The van der Waals surface area contributed by atoms with E-state index in [-0.39, 0.29) is 2.85 Å². The number of hydrogen-bond acceptors (Lipinski definition) is 5. The molecule has 3 aromatic heterocycles. The molecule has 30 heavy (non-hydrogen) atoms. The van der Waals surface area contributed by atoms with Crippen LogP contribution in [-0.2, 0) is 4.79 Å². The van der Waals surface area contributed by atoms with E-state index in [1.165, 1.54) is 12.4 Å². The van der Waals surface area contributed by atoms with Crippen molar-refractivity contribution in [3.63, 3.8) is 0 Å². The van der Waals surface area contributed by atoms with Crippen molar-refractivity contribution in [2.24, 2.45) is 0 Å². The van der Waals surface area contributed by atoms with Gasteiger partial charge >= 0.3 is 6.18 Å². The maximum Gasteiger partial charge on any atom is 0.405 e. The molecule has 0 atom stereocenters. The van der Waals surface area contributed by atoms with Crippen molar-refractivity contribution in [2.75, 3.05) is 11.9 Å². The highest BCUT2D eigenvalue weighted by molar-refractivity contribution is 6.31. The third-order valence-corrected chi connectivity index (χ3v) is 5.31. The molecule has 0 aliphatic heterocycles. The van der Waals surface area contributed by atoms with Crippen molar-refractivity contribution >= 4 is 34.4 Å². The summed E-state index contributed by atoms with van der Waals surface area (Å²) in [5, 5.41) is 6.27. The maximum atomic E-state index is 12.6. The van der Waals surface area contributed by atoms with Gasteiger partial charge in [0.1, 0.15) is 23.5 Å². The molecule has 1 saturated carbocycles. The number of hydrogen-bond donors (Lipinski definition) is 3. The van der Waals surface area contributed by atoms with Gasteiger partial charge in [-0.05, 0) is 25.0 Å². The van der Waals surface area contributed by atoms with Gasteiger partial charge < -0.3 is 15.6 Å².